The second-order valence-electron chi connectivity index (χ2n) is 5.71. The first-order valence-electron chi connectivity index (χ1n) is 7.98. The zero-order chi connectivity index (χ0) is 19.6. The highest BCUT2D eigenvalue weighted by atomic mass is 35.5. The average Bonchev–Trinajstić information content (AvgIpc) is 3.00. The first kappa shape index (κ1) is 18.5. The molecule has 0 aliphatic carbocycles. The predicted octanol–water partition coefficient (Wildman–Crippen LogP) is 3.73. The summed E-state index contributed by atoms with van der Waals surface area (Å²) in [6.07, 6.45) is 0. The van der Waals surface area contributed by atoms with Crippen molar-refractivity contribution in [3.63, 3.8) is 0 Å². The molecule has 2 aromatic rings. The SMILES string of the molecule is COC(=O)/C(C1=NC(=NC(=O)c2ccc(Cl)cc2)c2ccccc21)=C(\C)O. The Balaban J connectivity index is 2.10. The Hall–Kier alpha value is -3.25. The Kier molecular flexibility index (Phi) is 5.19. The van der Waals surface area contributed by atoms with Gasteiger partial charge in [0.2, 0.25) is 0 Å². The molecule has 2 aromatic carbocycles. The van der Waals surface area contributed by atoms with Gasteiger partial charge in [-0.25, -0.2) is 9.79 Å². The van der Waals surface area contributed by atoms with Crippen LogP contribution in [-0.2, 0) is 9.53 Å². The average molecular weight is 383 g/mol. The number of carbonyl (C=O) groups excluding carboxylic acids is 2. The van der Waals surface area contributed by atoms with Crippen molar-refractivity contribution in [3.05, 3.63) is 81.6 Å². The van der Waals surface area contributed by atoms with Crippen molar-refractivity contribution in [3.8, 4) is 0 Å². The molecule has 1 N–H and O–H groups in total. The molecule has 6 nitrogen and oxygen atoms in total. The number of hydrogen-bond acceptors (Lipinski definition) is 4. The maximum absolute atomic E-state index is 12.5. The van der Waals surface area contributed by atoms with Crippen molar-refractivity contribution in [1.29, 1.82) is 0 Å². The monoisotopic (exact) mass is 382 g/mol. The van der Waals surface area contributed by atoms with Gasteiger partial charge in [0.15, 0.2) is 5.84 Å². The van der Waals surface area contributed by atoms with Crippen LogP contribution < -0.4 is 0 Å². The summed E-state index contributed by atoms with van der Waals surface area (Å²) in [5.74, 6) is -1.30. The number of carbonyl (C=O) groups is 2. The van der Waals surface area contributed by atoms with E-state index in [1.165, 1.54) is 14.0 Å². The summed E-state index contributed by atoms with van der Waals surface area (Å²) in [6.45, 7) is 1.37. The van der Waals surface area contributed by atoms with Gasteiger partial charge < -0.3 is 9.84 Å². The van der Waals surface area contributed by atoms with E-state index in [1.807, 2.05) is 0 Å². The molecule has 3 rings (SSSR count). The Morgan fingerprint density at radius 2 is 1.70 bits per heavy atom. The van der Waals surface area contributed by atoms with Crippen LogP contribution in [-0.4, -0.2) is 35.6 Å². The third-order valence-corrected chi connectivity index (χ3v) is 4.18. The van der Waals surface area contributed by atoms with Gasteiger partial charge in [-0.05, 0) is 31.2 Å². The van der Waals surface area contributed by atoms with Crippen LogP contribution >= 0.6 is 11.6 Å². The molecule has 1 heterocycles. The Labute approximate surface area is 160 Å². The largest absolute Gasteiger partial charge is 0.512 e. The lowest BCUT2D eigenvalue weighted by Gasteiger charge is -2.07. The fraction of sp³-hybridized carbons (Fsp3) is 0.100. The third-order valence-electron chi connectivity index (χ3n) is 3.93. The smallest absolute Gasteiger partial charge is 0.343 e. The molecule has 1 amide bonds. The number of rotatable bonds is 3. The van der Waals surface area contributed by atoms with Crippen molar-refractivity contribution >= 4 is 35.0 Å². The summed E-state index contributed by atoms with van der Waals surface area (Å²) in [5.41, 5.74) is 1.65. The van der Waals surface area contributed by atoms with Crippen LogP contribution in [0.3, 0.4) is 0 Å². The van der Waals surface area contributed by atoms with E-state index in [2.05, 4.69) is 9.98 Å². The number of methoxy groups -OCH3 is 1. The number of hydrogen-bond donors (Lipinski definition) is 1. The number of nitrogens with zero attached hydrogens (tertiary/aromatic N) is 2. The zero-order valence-corrected chi connectivity index (χ0v) is 15.3. The first-order chi connectivity index (χ1) is 12.9. The topological polar surface area (TPSA) is 88.3 Å². The summed E-state index contributed by atoms with van der Waals surface area (Å²) in [7, 11) is 1.21. The number of aliphatic hydroxyl groups excluding tert-OH is 1. The van der Waals surface area contributed by atoms with Crippen LogP contribution in [0.25, 0.3) is 0 Å². The number of ether oxygens (including phenoxy) is 1. The van der Waals surface area contributed by atoms with Crippen LogP contribution in [0, 0.1) is 0 Å². The molecule has 1 aliphatic rings. The minimum atomic E-state index is -0.728. The molecule has 0 atom stereocenters. The van der Waals surface area contributed by atoms with Crippen LogP contribution in [0.15, 0.2) is 69.8 Å². The highest BCUT2D eigenvalue weighted by Crippen LogP contribution is 2.25. The van der Waals surface area contributed by atoms with Crippen molar-refractivity contribution in [2.24, 2.45) is 9.98 Å². The quantitative estimate of drug-likeness (QED) is 0.497. The van der Waals surface area contributed by atoms with Gasteiger partial charge in [0.25, 0.3) is 5.91 Å². The van der Waals surface area contributed by atoms with Gasteiger partial charge in [0, 0.05) is 21.7 Å². The maximum Gasteiger partial charge on any atom is 0.343 e. The number of aliphatic imine (C=N–C) groups is 2. The molecular weight excluding hydrogens is 368 g/mol. The summed E-state index contributed by atoms with van der Waals surface area (Å²) in [4.78, 5) is 33.0. The fourth-order valence-corrected chi connectivity index (χ4v) is 2.78. The van der Waals surface area contributed by atoms with Crippen LogP contribution in [0.5, 0.6) is 0 Å². The molecule has 7 heteroatoms. The van der Waals surface area contributed by atoms with Gasteiger partial charge in [-0.3, -0.25) is 4.79 Å². The van der Waals surface area contributed by atoms with E-state index in [-0.39, 0.29) is 22.9 Å². The van der Waals surface area contributed by atoms with Crippen LogP contribution in [0.1, 0.15) is 28.4 Å². The second kappa shape index (κ2) is 7.55. The first-order valence-corrected chi connectivity index (χ1v) is 8.35. The molecule has 0 aromatic heterocycles. The minimum Gasteiger partial charge on any atom is -0.512 e. The Morgan fingerprint density at radius 3 is 2.30 bits per heavy atom. The lowest BCUT2D eigenvalue weighted by molar-refractivity contribution is -0.135. The molecule has 0 radical (unpaired) electrons. The molecule has 136 valence electrons. The van der Waals surface area contributed by atoms with E-state index in [0.717, 1.165) is 0 Å². The Bertz CT molecular complexity index is 1020. The van der Waals surface area contributed by atoms with Crippen molar-refractivity contribution < 1.29 is 19.4 Å². The van der Waals surface area contributed by atoms with E-state index in [4.69, 9.17) is 16.3 Å². The fourth-order valence-electron chi connectivity index (χ4n) is 2.66. The second-order valence-corrected chi connectivity index (χ2v) is 6.14. The molecule has 27 heavy (non-hydrogen) atoms. The van der Waals surface area contributed by atoms with Crippen molar-refractivity contribution in [2.45, 2.75) is 6.92 Å². The number of aliphatic hydroxyl groups is 1. The molecule has 0 saturated heterocycles. The number of esters is 1. The molecular formula is C20H15ClN2O4. The molecule has 0 saturated carbocycles. The summed E-state index contributed by atoms with van der Waals surface area (Å²) in [5, 5.41) is 10.5. The molecule has 0 spiro atoms. The highest BCUT2D eigenvalue weighted by molar-refractivity contribution is 6.36. The number of amides is 1. The number of benzene rings is 2. The zero-order valence-electron chi connectivity index (χ0n) is 14.6. The molecule has 0 fully saturated rings. The predicted molar refractivity (Wildman–Crippen MR) is 103 cm³/mol. The number of halogens is 1. The summed E-state index contributed by atoms with van der Waals surface area (Å²) >= 11 is 5.84. The maximum atomic E-state index is 12.5. The standard InChI is InChI=1S/C20H15ClN2O4/c1-11(24)16(20(26)27-2)17-14-5-3-4-6-15(14)18(22-17)23-19(25)12-7-9-13(21)10-8-12/h3-10,24H,1-2H3/b16-11+,23-18?. The number of fused-ring (bicyclic) bond motifs is 1. The number of amidine groups is 1. The van der Waals surface area contributed by atoms with Gasteiger partial charge in [-0.2, -0.15) is 4.99 Å². The van der Waals surface area contributed by atoms with Gasteiger partial charge >= 0.3 is 5.97 Å². The number of allylic oxidation sites excluding steroid dienone is 1. The molecule has 0 unspecified atom stereocenters. The summed E-state index contributed by atoms with van der Waals surface area (Å²) < 4.78 is 4.74. The van der Waals surface area contributed by atoms with E-state index in [0.29, 0.717) is 21.7 Å². The van der Waals surface area contributed by atoms with Crippen molar-refractivity contribution in [2.75, 3.05) is 7.11 Å². The van der Waals surface area contributed by atoms with Gasteiger partial charge in [-0.1, -0.05) is 35.9 Å². The van der Waals surface area contributed by atoms with Crippen molar-refractivity contribution in [1.82, 2.24) is 0 Å². The minimum absolute atomic E-state index is 0.0749. The van der Waals surface area contributed by atoms with Gasteiger partial charge in [0.05, 0.1) is 12.8 Å². The molecule has 0 bridgehead atoms. The normalized spacial score (nSPS) is 15.1. The Morgan fingerprint density at radius 1 is 1.07 bits per heavy atom. The van der Waals surface area contributed by atoms with Crippen LogP contribution in [0.2, 0.25) is 5.02 Å². The third kappa shape index (κ3) is 3.66. The van der Waals surface area contributed by atoms with Gasteiger partial charge in [0.1, 0.15) is 11.3 Å². The van der Waals surface area contributed by atoms with E-state index in [1.54, 1.807) is 48.5 Å². The van der Waals surface area contributed by atoms with Crippen LogP contribution in [0.4, 0.5) is 0 Å². The molecule has 1 aliphatic heterocycles. The van der Waals surface area contributed by atoms with E-state index >= 15 is 0 Å². The lowest BCUT2D eigenvalue weighted by atomic mass is 9.99. The van der Waals surface area contributed by atoms with Gasteiger partial charge in [-0.15, -0.1) is 0 Å². The van der Waals surface area contributed by atoms with E-state index < -0.39 is 11.9 Å². The highest BCUT2D eigenvalue weighted by Gasteiger charge is 2.30. The summed E-state index contributed by atoms with van der Waals surface area (Å²) in [6, 6.07) is 13.3. The van der Waals surface area contributed by atoms with E-state index in [9.17, 15) is 14.7 Å². The lowest BCUT2D eigenvalue weighted by Crippen LogP contribution is -2.16.